The third-order valence-corrected chi connectivity index (χ3v) is 4.53. The molecule has 2 rings (SSSR count). The summed E-state index contributed by atoms with van der Waals surface area (Å²) in [5.74, 6) is 0.676. The lowest BCUT2D eigenvalue weighted by Crippen LogP contribution is -2.55. The van der Waals surface area contributed by atoms with Crippen LogP contribution in [0, 0.1) is 5.92 Å². The standard InChI is InChI=1S/C15H26N4O/c1-4-12-9-13(19(3)18-12)14(20)17-15(10-16)7-5-11(2)6-8-15/h9,11H,4-8,10,16H2,1-3H3,(H,17,20). The molecule has 1 aliphatic rings. The molecule has 3 N–H and O–H groups in total. The molecule has 0 saturated heterocycles. The van der Waals surface area contributed by atoms with E-state index in [2.05, 4.69) is 17.3 Å². The van der Waals surface area contributed by atoms with Crippen LogP contribution in [0.4, 0.5) is 0 Å². The van der Waals surface area contributed by atoms with Crippen LogP contribution in [-0.4, -0.2) is 27.8 Å². The van der Waals surface area contributed by atoms with Gasteiger partial charge in [-0.15, -0.1) is 0 Å². The number of amides is 1. The molecule has 20 heavy (non-hydrogen) atoms. The minimum absolute atomic E-state index is 0.0558. The van der Waals surface area contributed by atoms with Gasteiger partial charge in [0.1, 0.15) is 5.69 Å². The first kappa shape index (κ1) is 15.0. The summed E-state index contributed by atoms with van der Waals surface area (Å²) in [4.78, 5) is 12.5. The van der Waals surface area contributed by atoms with Crippen molar-refractivity contribution in [1.29, 1.82) is 0 Å². The normalized spacial score (nSPS) is 26.5. The Hall–Kier alpha value is -1.36. The van der Waals surface area contributed by atoms with Gasteiger partial charge in [0.25, 0.3) is 5.91 Å². The van der Waals surface area contributed by atoms with Crippen molar-refractivity contribution >= 4 is 5.91 Å². The predicted molar refractivity (Wildman–Crippen MR) is 79.5 cm³/mol. The summed E-state index contributed by atoms with van der Waals surface area (Å²) in [6, 6.07) is 1.87. The van der Waals surface area contributed by atoms with Crippen molar-refractivity contribution in [3.8, 4) is 0 Å². The summed E-state index contributed by atoms with van der Waals surface area (Å²) < 4.78 is 1.66. The van der Waals surface area contributed by atoms with E-state index in [-0.39, 0.29) is 11.4 Å². The largest absolute Gasteiger partial charge is 0.344 e. The first-order chi connectivity index (χ1) is 9.49. The van der Waals surface area contributed by atoms with E-state index in [9.17, 15) is 4.79 Å². The van der Waals surface area contributed by atoms with Gasteiger partial charge in [-0.1, -0.05) is 13.8 Å². The number of nitrogens with one attached hydrogen (secondary N) is 1. The number of nitrogens with two attached hydrogens (primary N) is 1. The monoisotopic (exact) mass is 278 g/mol. The number of carbonyl (C=O) groups excluding carboxylic acids is 1. The lowest BCUT2D eigenvalue weighted by molar-refractivity contribution is 0.0850. The fourth-order valence-corrected chi connectivity index (χ4v) is 2.91. The Labute approximate surface area is 120 Å². The Morgan fingerprint density at radius 2 is 2.20 bits per heavy atom. The molecule has 5 heteroatoms. The molecule has 0 atom stereocenters. The second-order valence-electron chi connectivity index (χ2n) is 6.12. The maximum absolute atomic E-state index is 12.5. The highest BCUT2D eigenvalue weighted by molar-refractivity contribution is 5.93. The van der Waals surface area contributed by atoms with Crippen LogP contribution in [0.5, 0.6) is 0 Å². The molecule has 1 aromatic heterocycles. The Morgan fingerprint density at radius 3 is 2.70 bits per heavy atom. The highest BCUT2D eigenvalue weighted by atomic mass is 16.2. The molecule has 0 unspecified atom stereocenters. The van der Waals surface area contributed by atoms with Gasteiger partial charge in [0.2, 0.25) is 0 Å². The Kier molecular flexibility index (Phi) is 4.48. The zero-order valence-corrected chi connectivity index (χ0v) is 12.8. The van der Waals surface area contributed by atoms with E-state index in [0.29, 0.717) is 12.2 Å². The van der Waals surface area contributed by atoms with Gasteiger partial charge in [-0.3, -0.25) is 9.48 Å². The molecule has 1 heterocycles. The zero-order chi connectivity index (χ0) is 14.8. The summed E-state index contributed by atoms with van der Waals surface area (Å²) >= 11 is 0. The number of aryl methyl sites for hydroxylation is 2. The summed E-state index contributed by atoms with van der Waals surface area (Å²) in [6.07, 6.45) is 5.02. The lowest BCUT2D eigenvalue weighted by atomic mass is 9.77. The first-order valence-corrected chi connectivity index (χ1v) is 7.55. The number of nitrogens with zero attached hydrogens (tertiary/aromatic N) is 2. The molecular formula is C15H26N4O. The van der Waals surface area contributed by atoms with Crippen LogP contribution >= 0.6 is 0 Å². The fraction of sp³-hybridized carbons (Fsp3) is 0.733. The van der Waals surface area contributed by atoms with Crippen molar-refractivity contribution in [3.63, 3.8) is 0 Å². The highest BCUT2D eigenvalue weighted by Crippen LogP contribution is 2.31. The summed E-state index contributed by atoms with van der Waals surface area (Å²) in [6.45, 7) is 4.80. The van der Waals surface area contributed by atoms with Gasteiger partial charge in [0.15, 0.2) is 0 Å². The van der Waals surface area contributed by atoms with Crippen LogP contribution in [-0.2, 0) is 13.5 Å². The van der Waals surface area contributed by atoms with Gasteiger partial charge < -0.3 is 11.1 Å². The van der Waals surface area contributed by atoms with E-state index in [1.54, 1.807) is 4.68 Å². The van der Waals surface area contributed by atoms with E-state index in [4.69, 9.17) is 5.73 Å². The van der Waals surface area contributed by atoms with Crippen molar-refractivity contribution in [1.82, 2.24) is 15.1 Å². The van der Waals surface area contributed by atoms with Gasteiger partial charge in [0.05, 0.1) is 11.2 Å². The number of carbonyl (C=O) groups is 1. The first-order valence-electron chi connectivity index (χ1n) is 7.55. The molecule has 0 aliphatic heterocycles. The van der Waals surface area contributed by atoms with Gasteiger partial charge >= 0.3 is 0 Å². The molecule has 0 aromatic carbocycles. The van der Waals surface area contributed by atoms with Crippen molar-refractivity contribution in [3.05, 3.63) is 17.5 Å². The van der Waals surface area contributed by atoms with Crippen molar-refractivity contribution in [2.24, 2.45) is 18.7 Å². The van der Waals surface area contributed by atoms with Crippen LogP contribution in [0.1, 0.15) is 55.7 Å². The van der Waals surface area contributed by atoms with E-state index >= 15 is 0 Å². The molecule has 1 aromatic rings. The van der Waals surface area contributed by atoms with E-state index in [1.807, 2.05) is 20.0 Å². The smallest absolute Gasteiger partial charge is 0.270 e. The van der Waals surface area contributed by atoms with Crippen LogP contribution in [0.15, 0.2) is 6.07 Å². The van der Waals surface area contributed by atoms with Crippen molar-refractivity contribution in [2.75, 3.05) is 6.54 Å². The Morgan fingerprint density at radius 1 is 1.55 bits per heavy atom. The maximum atomic E-state index is 12.5. The third-order valence-electron chi connectivity index (χ3n) is 4.53. The third kappa shape index (κ3) is 3.03. The lowest BCUT2D eigenvalue weighted by Gasteiger charge is -2.39. The van der Waals surface area contributed by atoms with Crippen molar-refractivity contribution in [2.45, 2.75) is 51.5 Å². The second kappa shape index (κ2) is 5.95. The minimum atomic E-state index is -0.236. The van der Waals surface area contributed by atoms with Crippen LogP contribution in [0.2, 0.25) is 0 Å². The van der Waals surface area contributed by atoms with Gasteiger partial charge in [-0.05, 0) is 44.1 Å². The molecule has 1 aliphatic carbocycles. The Bertz CT molecular complexity index is 472. The number of rotatable bonds is 4. The Balaban J connectivity index is 2.11. The van der Waals surface area contributed by atoms with Crippen molar-refractivity contribution < 1.29 is 4.79 Å². The molecule has 0 bridgehead atoms. The molecule has 1 amide bonds. The summed E-state index contributed by atoms with van der Waals surface area (Å²) in [7, 11) is 1.81. The zero-order valence-electron chi connectivity index (χ0n) is 12.8. The van der Waals surface area contributed by atoms with Gasteiger partial charge in [-0.25, -0.2) is 0 Å². The number of aromatic nitrogens is 2. The fourth-order valence-electron chi connectivity index (χ4n) is 2.91. The van der Waals surface area contributed by atoms with Crippen LogP contribution in [0.3, 0.4) is 0 Å². The molecular weight excluding hydrogens is 252 g/mol. The maximum Gasteiger partial charge on any atom is 0.270 e. The molecule has 112 valence electrons. The van der Waals surface area contributed by atoms with E-state index < -0.39 is 0 Å². The van der Waals surface area contributed by atoms with Gasteiger partial charge in [-0.2, -0.15) is 5.10 Å². The highest BCUT2D eigenvalue weighted by Gasteiger charge is 2.35. The van der Waals surface area contributed by atoms with E-state index in [0.717, 1.165) is 43.7 Å². The molecule has 1 fully saturated rings. The number of hydrogen-bond donors (Lipinski definition) is 2. The summed E-state index contributed by atoms with van der Waals surface area (Å²) in [5, 5.41) is 7.50. The topological polar surface area (TPSA) is 72.9 Å². The average Bonchev–Trinajstić information content (AvgIpc) is 2.83. The SMILES string of the molecule is CCc1cc(C(=O)NC2(CN)CCC(C)CC2)n(C)n1. The summed E-state index contributed by atoms with van der Waals surface area (Å²) in [5.41, 5.74) is 7.27. The quantitative estimate of drug-likeness (QED) is 0.879. The van der Waals surface area contributed by atoms with Gasteiger partial charge in [0, 0.05) is 13.6 Å². The van der Waals surface area contributed by atoms with Crippen LogP contribution < -0.4 is 11.1 Å². The number of hydrogen-bond acceptors (Lipinski definition) is 3. The molecule has 0 spiro atoms. The molecule has 1 saturated carbocycles. The average molecular weight is 278 g/mol. The minimum Gasteiger partial charge on any atom is -0.344 e. The molecule has 0 radical (unpaired) electrons. The molecule has 5 nitrogen and oxygen atoms in total. The van der Waals surface area contributed by atoms with E-state index in [1.165, 1.54) is 0 Å². The second-order valence-corrected chi connectivity index (χ2v) is 6.12. The predicted octanol–water partition coefficient (Wildman–Crippen LogP) is 1.62. The van der Waals surface area contributed by atoms with Crippen LogP contribution in [0.25, 0.3) is 0 Å².